The average molecular weight is 411 g/mol. The minimum absolute atomic E-state index is 0.112. The fourth-order valence-electron chi connectivity index (χ4n) is 2.71. The van der Waals surface area contributed by atoms with Crippen molar-refractivity contribution in [2.45, 2.75) is 36.9 Å². The number of benzene rings is 1. The maximum absolute atomic E-state index is 13.7. The zero-order chi connectivity index (χ0) is 19.8. The van der Waals surface area contributed by atoms with E-state index < -0.39 is 50.5 Å². The predicted molar refractivity (Wildman–Crippen MR) is 81.3 cm³/mol. The Kier molecular flexibility index (Phi) is 5.44. The summed E-state index contributed by atoms with van der Waals surface area (Å²) in [5.41, 5.74) is 0.112. The molecule has 27 heavy (non-hydrogen) atoms. The van der Waals surface area contributed by atoms with Crippen molar-refractivity contribution in [1.29, 1.82) is 0 Å². The van der Waals surface area contributed by atoms with Gasteiger partial charge in [-0.15, -0.1) is 5.10 Å². The molecule has 1 aliphatic heterocycles. The van der Waals surface area contributed by atoms with E-state index in [2.05, 4.69) is 15.6 Å². The first-order valence-electron chi connectivity index (χ1n) is 7.84. The Hall–Kier alpha value is -2.12. The number of hydrogen-bond donors (Lipinski definition) is 2. The van der Waals surface area contributed by atoms with E-state index in [0.29, 0.717) is 6.54 Å². The molecule has 1 fully saturated rings. The number of nitrogens with zero attached hydrogens (tertiary/aromatic N) is 3. The lowest BCUT2D eigenvalue weighted by atomic mass is 10.2. The number of aromatic nitrogens is 3. The molecule has 3 rings (SSSR count). The van der Waals surface area contributed by atoms with Crippen molar-refractivity contribution in [2.75, 3.05) is 6.54 Å². The van der Waals surface area contributed by atoms with E-state index in [0.717, 1.165) is 19.4 Å². The van der Waals surface area contributed by atoms with E-state index in [1.807, 2.05) is 0 Å². The van der Waals surface area contributed by atoms with E-state index in [1.54, 1.807) is 4.72 Å². The quantitative estimate of drug-likeness (QED) is 0.424. The summed E-state index contributed by atoms with van der Waals surface area (Å²) in [5.74, 6) is -12.0. The lowest BCUT2D eigenvalue weighted by Gasteiger charge is -2.10. The zero-order valence-corrected chi connectivity index (χ0v) is 14.5. The standard InChI is InChI=1S/C14H14F5N5O2S/c15-9-10(16)12(18)14(13(19)11(9)17)27(25,26)21-4-8-6-24(23-22-8)5-7-2-1-3-20-7/h6-7,20-21H,1-5H2/t7-/m0/s1. The van der Waals surface area contributed by atoms with Gasteiger partial charge in [-0.3, -0.25) is 4.68 Å². The smallest absolute Gasteiger partial charge is 0.247 e. The summed E-state index contributed by atoms with van der Waals surface area (Å²) in [7, 11) is -5.03. The molecule has 1 aliphatic rings. The Morgan fingerprint density at radius 1 is 1.11 bits per heavy atom. The summed E-state index contributed by atoms with van der Waals surface area (Å²) < 4.78 is 94.1. The topological polar surface area (TPSA) is 88.9 Å². The van der Waals surface area contributed by atoms with E-state index in [4.69, 9.17) is 0 Å². The summed E-state index contributed by atoms with van der Waals surface area (Å²) in [6, 6.07) is 0.199. The molecule has 13 heteroatoms. The second-order valence-electron chi connectivity index (χ2n) is 5.95. The predicted octanol–water partition coefficient (Wildman–Crippen LogP) is 1.20. The van der Waals surface area contributed by atoms with Crippen LogP contribution >= 0.6 is 0 Å². The van der Waals surface area contributed by atoms with Gasteiger partial charge in [-0.2, -0.15) is 0 Å². The Labute approximate surface area is 150 Å². The van der Waals surface area contributed by atoms with E-state index in [1.165, 1.54) is 10.9 Å². The molecular formula is C14H14F5N5O2S. The monoisotopic (exact) mass is 411 g/mol. The number of hydrogen-bond acceptors (Lipinski definition) is 5. The Balaban J connectivity index is 1.75. The molecular weight excluding hydrogens is 397 g/mol. The van der Waals surface area contributed by atoms with Gasteiger partial charge in [-0.1, -0.05) is 5.21 Å². The highest BCUT2D eigenvalue weighted by atomic mass is 32.2. The highest BCUT2D eigenvalue weighted by Gasteiger charge is 2.33. The minimum Gasteiger partial charge on any atom is -0.312 e. The highest BCUT2D eigenvalue weighted by molar-refractivity contribution is 7.89. The SMILES string of the molecule is O=S(=O)(NCc1cn(C[C@@H]2CCCN2)nn1)c1c(F)c(F)c(F)c(F)c1F. The van der Waals surface area contributed by atoms with Gasteiger partial charge in [0.2, 0.25) is 15.8 Å². The van der Waals surface area contributed by atoms with E-state index >= 15 is 0 Å². The van der Waals surface area contributed by atoms with Crippen LogP contribution in [0.2, 0.25) is 0 Å². The summed E-state index contributed by atoms with van der Waals surface area (Å²) in [4.78, 5) is -1.94. The molecule has 0 saturated carbocycles. The van der Waals surface area contributed by atoms with Crippen molar-refractivity contribution < 1.29 is 30.4 Å². The molecule has 0 amide bonds. The lowest BCUT2D eigenvalue weighted by Crippen LogP contribution is -2.27. The van der Waals surface area contributed by atoms with Gasteiger partial charge in [0.25, 0.3) is 0 Å². The first-order valence-corrected chi connectivity index (χ1v) is 9.32. The molecule has 1 aromatic carbocycles. The molecule has 0 radical (unpaired) electrons. The summed E-state index contributed by atoms with van der Waals surface area (Å²) in [6.07, 6.45) is 3.39. The Morgan fingerprint density at radius 2 is 1.74 bits per heavy atom. The largest absolute Gasteiger partial charge is 0.312 e. The second kappa shape index (κ2) is 7.48. The van der Waals surface area contributed by atoms with Crippen molar-refractivity contribution in [3.63, 3.8) is 0 Å². The van der Waals surface area contributed by atoms with Crippen LogP contribution in [0.4, 0.5) is 22.0 Å². The van der Waals surface area contributed by atoms with Crippen LogP contribution in [-0.4, -0.2) is 36.0 Å². The van der Waals surface area contributed by atoms with Crippen LogP contribution in [0.1, 0.15) is 18.5 Å². The molecule has 1 aromatic heterocycles. The van der Waals surface area contributed by atoms with Gasteiger partial charge in [-0.25, -0.2) is 35.1 Å². The molecule has 148 valence electrons. The Morgan fingerprint density at radius 3 is 2.33 bits per heavy atom. The third-order valence-corrected chi connectivity index (χ3v) is 5.46. The van der Waals surface area contributed by atoms with Gasteiger partial charge in [0, 0.05) is 12.2 Å². The van der Waals surface area contributed by atoms with Crippen LogP contribution < -0.4 is 10.0 Å². The van der Waals surface area contributed by atoms with Crippen molar-refractivity contribution in [1.82, 2.24) is 25.0 Å². The average Bonchev–Trinajstić information content (AvgIpc) is 3.29. The van der Waals surface area contributed by atoms with E-state index in [9.17, 15) is 30.4 Å². The zero-order valence-electron chi connectivity index (χ0n) is 13.6. The molecule has 0 aliphatic carbocycles. The van der Waals surface area contributed by atoms with Crippen molar-refractivity contribution >= 4 is 10.0 Å². The highest BCUT2D eigenvalue weighted by Crippen LogP contribution is 2.26. The molecule has 0 spiro atoms. The lowest BCUT2D eigenvalue weighted by molar-refractivity contribution is 0.357. The molecule has 0 bridgehead atoms. The van der Waals surface area contributed by atoms with Crippen molar-refractivity contribution in [3.8, 4) is 0 Å². The van der Waals surface area contributed by atoms with Crippen LogP contribution in [0.15, 0.2) is 11.1 Å². The van der Waals surface area contributed by atoms with Crippen LogP contribution in [-0.2, 0) is 23.1 Å². The first kappa shape index (κ1) is 19.6. The van der Waals surface area contributed by atoms with E-state index in [-0.39, 0.29) is 11.7 Å². The van der Waals surface area contributed by atoms with Gasteiger partial charge < -0.3 is 5.32 Å². The Bertz CT molecular complexity index is 930. The fraction of sp³-hybridized carbons (Fsp3) is 0.429. The number of sulfonamides is 1. The third-order valence-electron chi connectivity index (χ3n) is 4.04. The normalized spacial score (nSPS) is 17.6. The van der Waals surface area contributed by atoms with Gasteiger partial charge in [0.05, 0.1) is 18.8 Å². The molecule has 2 heterocycles. The summed E-state index contributed by atoms with van der Waals surface area (Å²) in [5, 5.41) is 10.7. The first-order chi connectivity index (χ1) is 12.7. The fourth-order valence-corrected chi connectivity index (χ4v) is 3.84. The second-order valence-corrected chi connectivity index (χ2v) is 7.65. The molecule has 7 nitrogen and oxygen atoms in total. The summed E-state index contributed by atoms with van der Waals surface area (Å²) in [6.45, 7) is 0.839. The van der Waals surface area contributed by atoms with Crippen LogP contribution in [0.3, 0.4) is 0 Å². The van der Waals surface area contributed by atoms with Gasteiger partial charge >= 0.3 is 0 Å². The summed E-state index contributed by atoms with van der Waals surface area (Å²) >= 11 is 0. The number of halogens is 5. The third kappa shape index (κ3) is 3.94. The van der Waals surface area contributed by atoms with Crippen LogP contribution in [0.25, 0.3) is 0 Å². The molecule has 1 saturated heterocycles. The molecule has 0 unspecified atom stereocenters. The van der Waals surface area contributed by atoms with Crippen LogP contribution in [0, 0.1) is 29.1 Å². The molecule has 2 N–H and O–H groups in total. The van der Waals surface area contributed by atoms with Crippen molar-refractivity contribution in [3.05, 3.63) is 41.0 Å². The van der Waals surface area contributed by atoms with Crippen LogP contribution in [0.5, 0.6) is 0 Å². The van der Waals surface area contributed by atoms with Gasteiger partial charge in [0.15, 0.2) is 28.2 Å². The van der Waals surface area contributed by atoms with Gasteiger partial charge in [0.1, 0.15) is 0 Å². The maximum Gasteiger partial charge on any atom is 0.247 e. The number of rotatable bonds is 6. The molecule has 1 atom stereocenters. The van der Waals surface area contributed by atoms with Crippen molar-refractivity contribution in [2.24, 2.45) is 0 Å². The number of nitrogens with one attached hydrogen (secondary N) is 2. The minimum atomic E-state index is -5.03. The molecule has 2 aromatic rings. The maximum atomic E-state index is 13.7. The van der Waals surface area contributed by atoms with Gasteiger partial charge in [-0.05, 0) is 19.4 Å².